The quantitative estimate of drug-likeness (QED) is 0.588. The number of rotatable bonds is 8. The predicted octanol–water partition coefficient (Wildman–Crippen LogP) is 4.24. The van der Waals surface area contributed by atoms with E-state index in [-0.39, 0.29) is 43.2 Å². The number of hydrogen-bond acceptors (Lipinski definition) is 5. The molecule has 2 fully saturated rings. The molecule has 176 valence electrons. The Labute approximate surface area is 190 Å². The van der Waals surface area contributed by atoms with Gasteiger partial charge in [-0.3, -0.25) is 14.7 Å². The van der Waals surface area contributed by atoms with Crippen molar-refractivity contribution in [2.24, 2.45) is 5.92 Å². The Balaban J connectivity index is 1.49. The van der Waals surface area contributed by atoms with Crippen LogP contribution in [0, 0.1) is 5.92 Å². The van der Waals surface area contributed by atoms with E-state index < -0.39 is 17.8 Å². The predicted molar refractivity (Wildman–Crippen MR) is 115 cm³/mol. The molecule has 10 heteroatoms. The van der Waals surface area contributed by atoms with Crippen molar-refractivity contribution in [3.63, 3.8) is 0 Å². The van der Waals surface area contributed by atoms with E-state index in [9.17, 15) is 22.8 Å². The zero-order chi connectivity index (χ0) is 23.8. The maximum absolute atomic E-state index is 13.1. The van der Waals surface area contributed by atoms with Crippen molar-refractivity contribution in [2.45, 2.75) is 57.7 Å². The van der Waals surface area contributed by atoms with Crippen molar-refractivity contribution in [1.82, 2.24) is 19.9 Å². The third-order valence-electron chi connectivity index (χ3n) is 6.37. The molecule has 2 aromatic rings. The lowest BCUT2D eigenvalue weighted by molar-refractivity contribution is -0.138. The van der Waals surface area contributed by atoms with E-state index >= 15 is 0 Å². The van der Waals surface area contributed by atoms with Crippen molar-refractivity contribution < 1.29 is 22.8 Å². The van der Waals surface area contributed by atoms with E-state index in [1.807, 2.05) is 26.0 Å². The number of halogens is 3. The van der Waals surface area contributed by atoms with Gasteiger partial charge in [-0.25, -0.2) is 14.8 Å². The molecule has 0 aromatic carbocycles. The number of alkyl halides is 3. The number of urea groups is 1. The first kappa shape index (κ1) is 23.1. The number of pyridine rings is 1. The summed E-state index contributed by atoms with van der Waals surface area (Å²) < 4.78 is 38.5. The number of carbonyl (C=O) groups is 2. The van der Waals surface area contributed by atoms with E-state index in [0.717, 1.165) is 19.3 Å². The van der Waals surface area contributed by atoms with Gasteiger partial charge in [-0.05, 0) is 42.4 Å². The summed E-state index contributed by atoms with van der Waals surface area (Å²) >= 11 is 0. The number of nitrogens with zero attached hydrogens (tertiary/aromatic N) is 5. The zero-order valence-electron chi connectivity index (χ0n) is 18.5. The van der Waals surface area contributed by atoms with Crippen LogP contribution in [0.2, 0.25) is 0 Å². The molecule has 2 aromatic heterocycles. The van der Waals surface area contributed by atoms with Crippen LogP contribution in [-0.4, -0.2) is 50.8 Å². The van der Waals surface area contributed by atoms with Crippen molar-refractivity contribution in [1.29, 1.82) is 0 Å². The molecule has 2 aliphatic rings. The number of aromatic nitrogens is 3. The molecule has 1 saturated heterocycles. The van der Waals surface area contributed by atoms with Gasteiger partial charge in [0.25, 0.3) is 0 Å². The molecular formula is C23H26F3N5O2. The average molecular weight is 461 g/mol. The molecule has 3 heterocycles. The van der Waals surface area contributed by atoms with Crippen LogP contribution >= 0.6 is 0 Å². The summed E-state index contributed by atoms with van der Waals surface area (Å²) in [6, 6.07) is 3.17. The highest BCUT2D eigenvalue weighted by Gasteiger charge is 2.42. The fraction of sp³-hybridized carbons (Fsp3) is 0.522. The molecule has 1 saturated carbocycles. The topological polar surface area (TPSA) is 79.3 Å². The third kappa shape index (κ3) is 5.15. The van der Waals surface area contributed by atoms with Gasteiger partial charge in [-0.15, -0.1) is 0 Å². The van der Waals surface area contributed by atoms with Gasteiger partial charge in [-0.1, -0.05) is 20.3 Å². The molecule has 0 N–H and O–H groups in total. The maximum Gasteiger partial charge on any atom is 0.419 e. The first-order valence-electron chi connectivity index (χ1n) is 11.1. The molecule has 0 radical (unpaired) electrons. The Bertz CT molecular complexity index is 1020. The monoisotopic (exact) mass is 461 g/mol. The number of anilines is 1. The molecule has 0 unspecified atom stereocenters. The molecule has 0 bridgehead atoms. The zero-order valence-corrected chi connectivity index (χ0v) is 18.5. The summed E-state index contributed by atoms with van der Waals surface area (Å²) in [7, 11) is 0. The van der Waals surface area contributed by atoms with E-state index in [1.54, 1.807) is 6.20 Å². The van der Waals surface area contributed by atoms with Crippen molar-refractivity contribution >= 4 is 17.8 Å². The number of ketones is 1. The first-order valence-corrected chi connectivity index (χ1v) is 11.1. The SMILES string of the molecule is CC[C@H](C)[C@H]1CN(c2ncc(C(F)(F)F)cn2)C(=O)N1CC(=O)Cc1cc(C2CC2)ccn1. The van der Waals surface area contributed by atoms with Crippen molar-refractivity contribution in [2.75, 3.05) is 18.0 Å². The molecule has 0 spiro atoms. The standard InChI is InChI=1S/C23H26F3N5O2/c1-3-14(2)20-13-31(21-28-10-17(11-29-21)23(24,25)26)22(33)30(20)12-19(32)9-18-8-16(6-7-27-18)15-4-5-15/h6-8,10-11,14-15,20H,3-5,9,12-13H2,1-2H3/t14-,20+/m0/s1. The lowest BCUT2D eigenvalue weighted by Crippen LogP contribution is -2.42. The smallest absolute Gasteiger partial charge is 0.312 e. The molecule has 7 nitrogen and oxygen atoms in total. The highest BCUT2D eigenvalue weighted by atomic mass is 19.4. The summed E-state index contributed by atoms with van der Waals surface area (Å²) in [4.78, 5) is 40.6. The lowest BCUT2D eigenvalue weighted by atomic mass is 9.98. The van der Waals surface area contributed by atoms with Crippen LogP contribution in [0.25, 0.3) is 0 Å². The third-order valence-corrected chi connectivity index (χ3v) is 6.37. The second kappa shape index (κ2) is 9.07. The number of amides is 2. The van der Waals surface area contributed by atoms with Crippen molar-refractivity contribution in [3.05, 3.63) is 47.5 Å². The fourth-order valence-electron chi connectivity index (χ4n) is 4.09. The molecule has 1 aliphatic heterocycles. The maximum atomic E-state index is 13.1. The Morgan fingerprint density at radius 2 is 1.91 bits per heavy atom. The summed E-state index contributed by atoms with van der Waals surface area (Å²) in [6.45, 7) is 4.08. The molecule has 4 rings (SSSR count). The second-order valence-corrected chi connectivity index (χ2v) is 8.81. The first-order chi connectivity index (χ1) is 15.7. The highest BCUT2D eigenvalue weighted by molar-refractivity contribution is 5.96. The number of hydrogen-bond donors (Lipinski definition) is 0. The van der Waals surface area contributed by atoms with Gasteiger partial charge in [0.05, 0.1) is 31.1 Å². The van der Waals surface area contributed by atoms with E-state index in [0.29, 0.717) is 24.0 Å². The second-order valence-electron chi connectivity index (χ2n) is 8.81. The van der Waals surface area contributed by atoms with Crippen LogP contribution < -0.4 is 4.90 Å². The van der Waals surface area contributed by atoms with Gasteiger partial charge in [0.1, 0.15) is 0 Å². The van der Waals surface area contributed by atoms with Crippen LogP contribution in [-0.2, 0) is 17.4 Å². The summed E-state index contributed by atoms with van der Waals surface area (Å²) in [5.74, 6) is 0.383. The van der Waals surface area contributed by atoms with E-state index in [4.69, 9.17) is 0 Å². The minimum absolute atomic E-state index is 0.0810. The minimum Gasteiger partial charge on any atom is -0.312 e. The molecule has 2 atom stereocenters. The minimum atomic E-state index is -4.56. The van der Waals surface area contributed by atoms with E-state index in [2.05, 4.69) is 15.0 Å². The summed E-state index contributed by atoms with van der Waals surface area (Å²) in [6.07, 6.45) is 1.68. The van der Waals surface area contributed by atoms with Crippen LogP contribution in [0.4, 0.5) is 23.9 Å². The van der Waals surface area contributed by atoms with Gasteiger partial charge in [0.15, 0.2) is 5.78 Å². The Kier molecular flexibility index (Phi) is 6.36. The van der Waals surface area contributed by atoms with Gasteiger partial charge in [-0.2, -0.15) is 13.2 Å². The normalized spacial score (nSPS) is 19.8. The average Bonchev–Trinajstić information content (AvgIpc) is 3.58. The largest absolute Gasteiger partial charge is 0.419 e. The Hall–Kier alpha value is -3.04. The summed E-state index contributed by atoms with van der Waals surface area (Å²) in [5.41, 5.74) is 0.886. The molecule has 2 amide bonds. The molecule has 33 heavy (non-hydrogen) atoms. The Morgan fingerprint density at radius 1 is 1.21 bits per heavy atom. The number of carbonyl (C=O) groups excluding carboxylic acids is 2. The van der Waals surface area contributed by atoms with Crippen molar-refractivity contribution in [3.8, 4) is 0 Å². The fourth-order valence-corrected chi connectivity index (χ4v) is 4.09. The Morgan fingerprint density at radius 3 is 2.52 bits per heavy atom. The van der Waals surface area contributed by atoms with Gasteiger partial charge >= 0.3 is 12.2 Å². The van der Waals surface area contributed by atoms with Gasteiger partial charge < -0.3 is 4.90 Å². The summed E-state index contributed by atoms with van der Waals surface area (Å²) in [5, 5.41) is 0. The lowest BCUT2D eigenvalue weighted by Gasteiger charge is -2.26. The van der Waals surface area contributed by atoms with Gasteiger partial charge in [0.2, 0.25) is 5.95 Å². The number of Topliss-reactive ketones (excluding diaryl/α,β-unsaturated/α-hetero) is 1. The molecular weight excluding hydrogens is 435 g/mol. The van der Waals surface area contributed by atoms with Crippen LogP contribution in [0.15, 0.2) is 30.7 Å². The van der Waals surface area contributed by atoms with Gasteiger partial charge in [0, 0.05) is 24.3 Å². The molecule has 1 aliphatic carbocycles. The highest BCUT2D eigenvalue weighted by Crippen LogP contribution is 2.40. The van der Waals surface area contributed by atoms with Crippen LogP contribution in [0.1, 0.15) is 55.8 Å². The van der Waals surface area contributed by atoms with Crippen LogP contribution in [0.5, 0.6) is 0 Å². The van der Waals surface area contributed by atoms with Crippen LogP contribution in [0.3, 0.4) is 0 Å². The van der Waals surface area contributed by atoms with E-state index in [1.165, 1.54) is 15.4 Å².